The number of hydrogen-bond donors (Lipinski definition) is 2. The lowest BCUT2D eigenvalue weighted by molar-refractivity contribution is -0.122. The Kier molecular flexibility index (Phi) is 4.60. The first-order valence-electron chi connectivity index (χ1n) is 8.85. The zero-order valence-electron chi connectivity index (χ0n) is 14.9. The highest BCUT2D eigenvalue weighted by Crippen LogP contribution is 2.36. The van der Waals surface area contributed by atoms with E-state index in [2.05, 4.69) is 5.32 Å². The van der Waals surface area contributed by atoms with Crippen LogP contribution in [-0.4, -0.2) is 42.6 Å². The number of nitrogens with one attached hydrogen (secondary N) is 1. The van der Waals surface area contributed by atoms with Crippen molar-refractivity contribution in [1.29, 1.82) is 0 Å². The van der Waals surface area contributed by atoms with Gasteiger partial charge in [0.25, 0.3) is 0 Å². The summed E-state index contributed by atoms with van der Waals surface area (Å²) in [5.74, 6) is -0.729. The van der Waals surface area contributed by atoms with Crippen LogP contribution >= 0.6 is 0 Å². The lowest BCUT2D eigenvalue weighted by Crippen LogP contribution is -2.28. The number of ether oxygens (including phenoxy) is 2. The summed E-state index contributed by atoms with van der Waals surface area (Å²) < 4.78 is 11.0. The predicted molar refractivity (Wildman–Crippen MR) is 99.9 cm³/mol. The van der Waals surface area contributed by atoms with Crippen LogP contribution < -0.4 is 19.7 Å². The molecule has 0 radical (unpaired) electrons. The Hall–Kier alpha value is -3.55. The van der Waals surface area contributed by atoms with Crippen LogP contribution in [0.2, 0.25) is 0 Å². The molecular weight excluding hydrogens is 364 g/mol. The van der Waals surface area contributed by atoms with E-state index in [9.17, 15) is 14.4 Å². The van der Waals surface area contributed by atoms with Crippen LogP contribution in [0.25, 0.3) is 0 Å². The van der Waals surface area contributed by atoms with Crippen molar-refractivity contribution in [2.45, 2.75) is 6.42 Å². The summed E-state index contributed by atoms with van der Waals surface area (Å²) in [6.07, 6.45) is 0.105. The molecule has 0 aliphatic carbocycles. The van der Waals surface area contributed by atoms with Gasteiger partial charge in [0.05, 0.1) is 11.5 Å². The van der Waals surface area contributed by atoms with Crippen LogP contribution in [0.1, 0.15) is 16.8 Å². The minimum absolute atomic E-state index is 0.105. The van der Waals surface area contributed by atoms with Crippen molar-refractivity contribution >= 4 is 29.2 Å². The van der Waals surface area contributed by atoms with Gasteiger partial charge < -0.3 is 24.8 Å². The number of carbonyl (C=O) groups excluding carboxylic acids is 2. The van der Waals surface area contributed by atoms with E-state index in [0.29, 0.717) is 36.1 Å². The second-order valence-corrected chi connectivity index (χ2v) is 6.61. The van der Waals surface area contributed by atoms with Gasteiger partial charge in [-0.05, 0) is 36.4 Å². The lowest BCUT2D eigenvalue weighted by Gasteiger charge is -2.22. The fourth-order valence-corrected chi connectivity index (χ4v) is 3.27. The molecule has 4 rings (SSSR count). The Morgan fingerprint density at radius 2 is 1.75 bits per heavy atom. The monoisotopic (exact) mass is 382 g/mol. The van der Waals surface area contributed by atoms with E-state index in [4.69, 9.17) is 14.6 Å². The lowest BCUT2D eigenvalue weighted by atomic mass is 10.1. The molecule has 0 spiro atoms. The number of nitrogens with zero attached hydrogens (tertiary/aromatic N) is 1. The molecule has 8 heteroatoms. The first-order valence-corrected chi connectivity index (χ1v) is 8.85. The van der Waals surface area contributed by atoms with E-state index in [0.717, 1.165) is 0 Å². The first kappa shape index (κ1) is 17.8. The third-order valence-electron chi connectivity index (χ3n) is 4.73. The van der Waals surface area contributed by atoms with Crippen LogP contribution in [0.5, 0.6) is 11.5 Å². The van der Waals surface area contributed by atoms with E-state index < -0.39 is 11.9 Å². The van der Waals surface area contributed by atoms with Gasteiger partial charge in [-0.3, -0.25) is 9.59 Å². The Balaban J connectivity index is 1.44. The molecule has 1 fully saturated rings. The van der Waals surface area contributed by atoms with E-state index >= 15 is 0 Å². The molecule has 2 amide bonds. The number of benzene rings is 2. The number of amides is 2. The number of aromatic carboxylic acids is 1. The second kappa shape index (κ2) is 7.22. The standard InChI is InChI=1S/C20H18N2O6/c23-18-9-13(19(24)21-14-3-1-12(2-4-14)20(25)26)11-22(18)15-5-6-16-17(10-15)28-8-7-27-16/h1-6,10,13H,7-9,11H2,(H,21,24)(H,25,26). The van der Waals surface area contributed by atoms with Crippen molar-refractivity contribution in [3.8, 4) is 11.5 Å². The normalized spacial score (nSPS) is 18.1. The highest BCUT2D eigenvalue weighted by Gasteiger charge is 2.35. The minimum Gasteiger partial charge on any atom is -0.486 e. The molecule has 2 aromatic carbocycles. The van der Waals surface area contributed by atoms with Gasteiger partial charge in [-0.2, -0.15) is 0 Å². The highest BCUT2D eigenvalue weighted by molar-refractivity contribution is 6.03. The molecule has 0 saturated carbocycles. The molecule has 1 saturated heterocycles. The van der Waals surface area contributed by atoms with E-state index in [-0.39, 0.29) is 30.3 Å². The van der Waals surface area contributed by atoms with Crippen molar-refractivity contribution in [1.82, 2.24) is 0 Å². The topological polar surface area (TPSA) is 105 Å². The van der Waals surface area contributed by atoms with Gasteiger partial charge in [-0.25, -0.2) is 4.79 Å². The number of anilines is 2. The van der Waals surface area contributed by atoms with Gasteiger partial charge in [0.1, 0.15) is 13.2 Å². The minimum atomic E-state index is -1.03. The van der Waals surface area contributed by atoms with Crippen molar-refractivity contribution in [3.05, 3.63) is 48.0 Å². The summed E-state index contributed by atoms with van der Waals surface area (Å²) in [6, 6.07) is 11.2. The van der Waals surface area contributed by atoms with Gasteiger partial charge in [0.15, 0.2) is 11.5 Å². The van der Waals surface area contributed by atoms with E-state index in [1.807, 2.05) is 0 Å². The van der Waals surface area contributed by atoms with E-state index in [1.165, 1.54) is 24.3 Å². The Labute approximate surface area is 160 Å². The second-order valence-electron chi connectivity index (χ2n) is 6.61. The number of carboxylic acids is 1. The Bertz CT molecular complexity index is 940. The SMILES string of the molecule is O=C(O)c1ccc(NC(=O)C2CC(=O)N(c3ccc4c(c3)OCCO4)C2)cc1. The quantitative estimate of drug-likeness (QED) is 0.839. The van der Waals surface area contributed by atoms with Crippen LogP contribution in [-0.2, 0) is 9.59 Å². The average molecular weight is 382 g/mol. The predicted octanol–water partition coefficient (Wildman–Crippen LogP) is 2.15. The molecule has 1 atom stereocenters. The maximum atomic E-state index is 12.5. The van der Waals surface area contributed by atoms with Crippen molar-refractivity contribution in [2.24, 2.45) is 5.92 Å². The zero-order valence-corrected chi connectivity index (χ0v) is 14.9. The molecule has 2 aliphatic rings. The molecule has 2 aliphatic heterocycles. The summed E-state index contributed by atoms with van der Waals surface area (Å²) in [6.45, 7) is 1.21. The third kappa shape index (κ3) is 3.48. The van der Waals surface area contributed by atoms with Gasteiger partial charge in [0.2, 0.25) is 11.8 Å². The largest absolute Gasteiger partial charge is 0.486 e. The molecule has 8 nitrogen and oxygen atoms in total. The molecule has 28 heavy (non-hydrogen) atoms. The maximum absolute atomic E-state index is 12.5. The van der Waals surface area contributed by atoms with Crippen molar-refractivity contribution in [2.75, 3.05) is 30.0 Å². The van der Waals surface area contributed by atoms with Crippen molar-refractivity contribution in [3.63, 3.8) is 0 Å². The van der Waals surface area contributed by atoms with Crippen molar-refractivity contribution < 1.29 is 29.0 Å². The molecule has 2 N–H and O–H groups in total. The van der Waals surface area contributed by atoms with Gasteiger partial charge in [0, 0.05) is 30.4 Å². The number of rotatable bonds is 4. The number of fused-ring (bicyclic) bond motifs is 1. The fraction of sp³-hybridized carbons (Fsp3) is 0.250. The van der Waals surface area contributed by atoms with Gasteiger partial charge in [-0.1, -0.05) is 0 Å². The molecule has 144 valence electrons. The molecule has 1 unspecified atom stereocenters. The summed E-state index contributed by atoms with van der Waals surface area (Å²) in [7, 11) is 0. The molecule has 0 aromatic heterocycles. The highest BCUT2D eigenvalue weighted by atomic mass is 16.6. The summed E-state index contributed by atoms with van der Waals surface area (Å²) in [5.41, 5.74) is 1.29. The number of carbonyl (C=O) groups is 3. The Morgan fingerprint density at radius 3 is 2.46 bits per heavy atom. The van der Waals surface area contributed by atoms with Gasteiger partial charge in [-0.15, -0.1) is 0 Å². The first-order chi connectivity index (χ1) is 13.5. The fourth-order valence-electron chi connectivity index (χ4n) is 3.27. The van der Waals surface area contributed by atoms with Crippen LogP contribution in [0, 0.1) is 5.92 Å². The molecular formula is C20H18N2O6. The van der Waals surface area contributed by atoms with Crippen LogP contribution in [0.15, 0.2) is 42.5 Å². The third-order valence-corrected chi connectivity index (χ3v) is 4.73. The van der Waals surface area contributed by atoms with Gasteiger partial charge >= 0.3 is 5.97 Å². The average Bonchev–Trinajstić information content (AvgIpc) is 3.10. The molecule has 0 bridgehead atoms. The molecule has 2 heterocycles. The summed E-state index contributed by atoms with van der Waals surface area (Å²) >= 11 is 0. The number of hydrogen-bond acceptors (Lipinski definition) is 5. The van der Waals surface area contributed by atoms with Crippen LogP contribution in [0.4, 0.5) is 11.4 Å². The Morgan fingerprint density at radius 1 is 1.04 bits per heavy atom. The van der Waals surface area contributed by atoms with E-state index in [1.54, 1.807) is 23.1 Å². The number of carboxylic acid groups (broad SMARTS) is 1. The smallest absolute Gasteiger partial charge is 0.335 e. The zero-order chi connectivity index (χ0) is 19.7. The summed E-state index contributed by atoms with van der Waals surface area (Å²) in [5, 5.41) is 11.7. The maximum Gasteiger partial charge on any atom is 0.335 e. The summed E-state index contributed by atoms with van der Waals surface area (Å²) in [4.78, 5) is 37.4. The molecule has 2 aromatic rings. The van der Waals surface area contributed by atoms with Crippen LogP contribution in [0.3, 0.4) is 0 Å².